The van der Waals surface area contributed by atoms with Crippen molar-refractivity contribution >= 4 is 10.8 Å². The summed E-state index contributed by atoms with van der Waals surface area (Å²) in [6.07, 6.45) is 4.36. The van der Waals surface area contributed by atoms with E-state index < -0.39 is 0 Å². The minimum atomic E-state index is -0.241. The molecular formula is C26H26N4O3. The fraction of sp³-hybridized carbons (Fsp3) is 0.308. The summed E-state index contributed by atoms with van der Waals surface area (Å²) in [4.78, 5) is 7.07. The second kappa shape index (κ2) is 8.50. The zero-order valence-corrected chi connectivity index (χ0v) is 18.4. The molecule has 0 unspecified atom stereocenters. The minimum absolute atomic E-state index is 0.241. The molecular weight excluding hydrogens is 416 g/mol. The predicted molar refractivity (Wildman–Crippen MR) is 124 cm³/mol. The van der Waals surface area contributed by atoms with Crippen LogP contribution in [0, 0.1) is 5.41 Å². The Kier molecular flexibility index (Phi) is 5.20. The minimum Gasteiger partial charge on any atom is -0.468 e. The van der Waals surface area contributed by atoms with Gasteiger partial charge in [-0.2, -0.15) is 0 Å². The van der Waals surface area contributed by atoms with Crippen molar-refractivity contribution in [3.8, 4) is 11.6 Å². The predicted octanol–water partition coefficient (Wildman–Crippen LogP) is 4.12. The summed E-state index contributed by atoms with van der Waals surface area (Å²) in [5, 5.41) is 11.2. The van der Waals surface area contributed by atoms with E-state index >= 15 is 0 Å². The maximum absolute atomic E-state index is 9.05. The topological polar surface area (TPSA) is 76.5 Å². The number of hydrogen-bond donors (Lipinski definition) is 1. The molecule has 0 bridgehead atoms. The van der Waals surface area contributed by atoms with Crippen LogP contribution in [-0.4, -0.2) is 47.3 Å². The number of aryl methyl sites for hydroxylation is 1. The molecule has 2 aromatic heterocycles. The molecule has 1 N–H and O–H groups in total. The van der Waals surface area contributed by atoms with E-state index in [-0.39, 0.29) is 5.92 Å². The molecule has 7 heteroatoms. The van der Waals surface area contributed by atoms with Crippen LogP contribution in [0.1, 0.15) is 29.2 Å². The van der Waals surface area contributed by atoms with Gasteiger partial charge in [0.05, 0.1) is 31.0 Å². The second-order valence-electron chi connectivity index (χ2n) is 8.57. The highest BCUT2D eigenvalue weighted by Crippen LogP contribution is 2.47. The summed E-state index contributed by atoms with van der Waals surface area (Å²) >= 11 is 0. The van der Waals surface area contributed by atoms with Gasteiger partial charge >= 0.3 is 0 Å². The largest absolute Gasteiger partial charge is 0.468 e. The van der Waals surface area contributed by atoms with Crippen molar-refractivity contribution in [2.45, 2.75) is 18.9 Å². The molecule has 33 heavy (non-hydrogen) atoms. The van der Waals surface area contributed by atoms with Crippen LogP contribution >= 0.6 is 0 Å². The SMILES string of the molecule is N=c1c2c(ncn1CCCN1CCOCC1)Oc1c(ccc3ccccc13)[C@@H]2c1ccco1. The molecule has 4 heterocycles. The Hall–Kier alpha value is -3.42. The molecule has 2 aromatic carbocycles. The Bertz CT molecular complexity index is 1340. The number of aromatic nitrogens is 2. The van der Waals surface area contributed by atoms with Gasteiger partial charge in [0.25, 0.3) is 0 Å². The van der Waals surface area contributed by atoms with Gasteiger partial charge in [0, 0.05) is 37.1 Å². The number of fused-ring (bicyclic) bond motifs is 4. The fourth-order valence-electron chi connectivity index (χ4n) is 4.91. The maximum atomic E-state index is 9.05. The number of nitrogens with zero attached hydrogens (tertiary/aromatic N) is 3. The van der Waals surface area contributed by atoms with Crippen molar-refractivity contribution in [2.75, 3.05) is 32.8 Å². The Morgan fingerprint density at radius 1 is 1.00 bits per heavy atom. The number of ether oxygens (including phenoxy) is 2. The smallest absolute Gasteiger partial charge is 0.228 e. The van der Waals surface area contributed by atoms with Crippen LogP contribution in [-0.2, 0) is 11.3 Å². The van der Waals surface area contributed by atoms with Crippen LogP contribution in [0.5, 0.6) is 11.6 Å². The van der Waals surface area contributed by atoms with Gasteiger partial charge in [-0.1, -0.05) is 36.4 Å². The quantitative estimate of drug-likeness (QED) is 0.443. The van der Waals surface area contributed by atoms with Gasteiger partial charge in [-0.15, -0.1) is 0 Å². The van der Waals surface area contributed by atoms with Gasteiger partial charge in [0.1, 0.15) is 23.3 Å². The highest BCUT2D eigenvalue weighted by molar-refractivity contribution is 5.91. The number of nitrogens with one attached hydrogen (secondary N) is 1. The Morgan fingerprint density at radius 2 is 1.88 bits per heavy atom. The third-order valence-corrected chi connectivity index (χ3v) is 6.60. The number of hydrogen-bond acceptors (Lipinski definition) is 6. The molecule has 1 atom stereocenters. The third-order valence-electron chi connectivity index (χ3n) is 6.60. The summed E-state index contributed by atoms with van der Waals surface area (Å²) in [7, 11) is 0. The van der Waals surface area contributed by atoms with Crippen molar-refractivity contribution in [3.05, 3.63) is 83.5 Å². The van der Waals surface area contributed by atoms with Crippen LogP contribution in [0.2, 0.25) is 0 Å². The van der Waals surface area contributed by atoms with Gasteiger partial charge in [-0.25, -0.2) is 4.98 Å². The van der Waals surface area contributed by atoms with Crippen molar-refractivity contribution < 1.29 is 13.9 Å². The molecule has 0 radical (unpaired) electrons. The molecule has 2 aliphatic heterocycles. The second-order valence-corrected chi connectivity index (χ2v) is 8.57. The van der Waals surface area contributed by atoms with Crippen LogP contribution in [0.4, 0.5) is 0 Å². The molecule has 0 aliphatic carbocycles. The van der Waals surface area contributed by atoms with Crippen molar-refractivity contribution in [1.82, 2.24) is 14.5 Å². The summed E-state index contributed by atoms with van der Waals surface area (Å²) in [6.45, 7) is 5.26. The first-order chi connectivity index (χ1) is 16.3. The van der Waals surface area contributed by atoms with E-state index in [1.54, 1.807) is 12.6 Å². The molecule has 1 saturated heterocycles. The van der Waals surface area contributed by atoms with Gasteiger partial charge in [0.2, 0.25) is 5.88 Å². The van der Waals surface area contributed by atoms with Crippen LogP contribution < -0.4 is 10.2 Å². The highest BCUT2D eigenvalue weighted by Gasteiger charge is 2.34. The zero-order chi connectivity index (χ0) is 22.2. The van der Waals surface area contributed by atoms with Crippen molar-refractivity contribution in [1.29, 1.82) is 5.41 Å². The Morgan fingerprint density at radius 3 is 2.73 bits per heavy atom. The first kappa shape index (κ1) is 20.2. The molecule has 0 amide bonds. The first-order valence-electron chi connectivity index (χ1n) is 11.5. The standard InChI is InChI=1S/C26H26N4O3/c27-25-23-22(21-7-3-14-32-21)20-9-8-18-5-1-2-6-19(18)24(20)33-26(23)28-17-30(25)11-4-10-29-12-15-31-16-13-29/h1-3,5-9,14,17,22,27H,4,10-13,15-16H2/t22-/m1/s1. The van der Waals surface area contributed by atoms with E-state index in [9.17, 15) is 0 Å². The molecule has 7 nitrogen and oxygen atoms in total. The first-order valence-corrected chi connectivity index (χ1v) is 11.5. The number of furan rings is 1. The summed E-state index contributed by atoms with van der Waals surface area (Å²) in [5.41, 5.74) is 2.17. The van der Waals surface area contributed by atoms with E-state index in [0.717, 1.165) is 79.2 Å². The Balaban J connectivity index is 1.38. The molecule has 4 aromatic rings. The highest BCUT2D eigenvalue weighted by atomic mass is 16.5. The van der Waals surface area contributed by atoms with E-state index in [2.05, 4.69) is 34.1 Å². The van der Waals surface area contributed by atoms with Crippen molar-refractivity contribution in [3.63, 3.8) is 0 Å². The van der Waals surface area contributed by atoms with Crippen LogP contribution in [0.25, 0.3) is 10.8 Å². The summed E-state index contributed by atoms with van der Waals surface area (Å²) in [5.74, 6) is 1.82. The number of rotatable bonds is 5. The van der Waals surface area contributed by atoms with Gasteiger partial charge in [-0.3, -0.25) is 10.3 Å². The van der Waals surface area contributed by atoms with Crippen molar-refractivity contribution in [2.24, 2.45) is 0 Å². The van der Waals surface area contributed by atoms with Gasteiger partial charge in [0.15, 0.2) is 0 Å². The average molecular weight is 443 g/mol. The van der Waals surface area contributed by atoms with Gasteiger partial charge in [-0.05, 0) is 23.9 Å². The molecule has 2 aliphatic rings. The number of morpholine rings is 1. The maximum Gasteiger partial charge on any atom is 0.228 e. The number of benzene rings is 2. The van der Waals surface area contributed by atoms with E-state index in [1.165, 1.54) is 0 Å². The molecule has 168 valence electrons. The van der Waals surface area contributed by atoms with Gasteiger partial charge < -0.3 is 18.5 Å². The van der Waals surface area contributed by atoms with E-state index in [1.807, 2.05) is 28.8 Å². The van der Waals surface area contributed by atoms with E-state index in [0.29, 0.717) is 11.4 Å². The lowest BCUT2D eigenvalue weighted by Gasteiger charge is -2.28. The zero-order valence-electron chi connectivity index (χ0n) is 18.4. The molecule has 1 fully saturated rings. The van der Waals surface area contributed by atoms with Crippen LogP contribution in [0.15, 0.2) is 65.5 Å². The lowest BCUT2D eigenvalue weighted by atomic mass is 9.86. The molecule has 6 rings (SSSR count). The summed E-state index contributed by atoms with van der Waals surface area (Å²) in [6, 6.07) is 16.2. The Labute approximate surface area is 191 Å². The summed E-state index contributed by atoms with van der Waals surface area (Å²) < 4.78 is 19.6. The average Bonchev–Trinajstić information content (AvgIpc) is 3.39. The fourth-order valence-corrected chi connectivity index (χ4v) is 4.91. The van der Waals surface area contributed by atoms with Crippen LogP contribution in [0.3, 0.4) is 0 Å². The third kappa shape index (κ3) is 3.63. The lowest BCUT2D eigenvalue weighted by molar-refractivity contribution is 0.0369. The van der Waals surface area contributed by atoms with E-state index in [4.69, 9.17) is 19.3 Å². The monoisotopic (exact) mass is 442 g/mol. The molecule has 0 saturated carbocycles. The normalized spacial score (nSPS) is 18.0. The lowest BCUT2D eigenvalue weighted by Crippen LogP contribution is -2.37. The molecule has 0 spiro atoms.